The van der Waals surface area contributed by atoms with E-state index in [4.69, 9.17) is 14.2 Å². The Bertz CT molecular complexity index is 1060. The van der Waals surface area contributed by atoms with Gasteiger partial charge in [-0.25, -0.2) is 0 Å². The van der Waals surface area contributed by atoms with Crippen molar-refractivity contribution in [3.8, 4) is 0 Å². The number of ether oxygens (including phenoxy) is 3. The Morgan fingerprint density at radius 3 is 1.12 bits per heavy atom. The molecule has 0 N–H and O–H groups in total. The Balaban J connectivity index is 4.16. The molecule has 0 aromatic rings. The van der Waals surface area contributed by atoms with Gasteiger partial charge in [0.2, 0.25) is 0 Å². The largest absolute Gasteiger partial charge is 0.544 e. The molecule has 0 spiro atoms. The summed E-state index contributed by atoms with van der Waals surface area (Å²) in [7, 11) is 5.43. The Morgan fingerprint density at radius 2 is 0.781 bits per heavy atom. The van der Waals surface area contributed by atoms with Gasteiger partial charge in [-0.1, -0.05) is 231 Å². The molecule has 8 heteroatoms. The van der Waals surface area contributed by atoms with Gasteiger partial charge >= 0.3 is 11.9 Å². The van der Waals surface area contributed by atoms with Crippen molar-refractivity contribution in [1.29, 1.82) is 0 Å². The van der Waals surface area contributed by atoms with Gasteiger partial charge in [0.1, 0.15) is 12.6 Å². The van der Waals surface area contributed by atoms with E-state index in [1.807, 2.05) is 21.1 Å². The summed E-state index contributed by atoms with van der Waals surface area (Å²) in [6, 6.07) is -0.723. The number of carbonyl (C=O) groups excluding carboxylic acids is 3. The molecular formula is C56H107NO7. The number of aliphatic carboxylic acids is 1. The first kappa shape index (κ1) is 62.1. The van der Waals surface area contributed by atoms with Crippen LogP contribution in [0.3, 0.4) is 0 Å². The molecule has 2 unspecified atom stereocenters. The summed E-state index contributed by atoms with van der Waals surface area (Å²) in [6.07, 6.45) is 53.9. The van der Waals surface area contributed by atoms with Gasteiger partial charge in [-0.15, -0.1) is 0 Å². The van der Waals surface area contributed by atoms with Crippen LogP contribution >= 0.6 is 0 Å². The van der Waals surface area contributed by atoms with Crippen LogP contribution in [0.2, 0.25) is 0 Å². The highest BCUT2D eigenvalue weighted by molar-refractivity contribution is 5.70. The second-order valence-electron chi connectivity index (χ2n) is 20.2. The van der Waals surface area contributed by atoms with Gasteiger partial charge in [0.05, 0.1) is 40.3 Å². The molecule has 0 rings (SSSR count). The van der Waals surface area contributed by atoms with Gasteiger partial charge in [0, 0.05) is 19.3 Å². The van der Waals surface area contributed by atoms with Gasteiger partial charge in [0.25, 0.3) is 0 Å². The third-order valence-corrected chi connectivity index (χ3v) is 12.9. The van der Waals surface area contributed by atoms with Crippen molar-refractivity contribution >= 4 is 17.9 Å². The second-order valence-corrected chi connectivity index (χ2v) is 20.2. The van der Waals surface area contributed by atoms with Gasteiger partial charge in [-0.3, -0.25) is 9.59 Å². The fourth-order valence-corrected chi connectivity index (χ4v) is 8.60. The summed E-state index contributed by atoms with van der Waals surface area (Å²) >= 11 is 0. The van der Waals surface area contributed by atoms with E-state index in [2.05, 4.69) is 26.0 Å². The number of carboxylic acid groups (broad SMARTS) is 1. The first-order valence-electron chi connectivity index (χ1n) is 27.7. The molecular weight excluding hydrogens is 799 g/mol. The van der Waals surface area contributed by atoms with Crippen LogP contribution in [0.4, 0.5) is 0 Å². The van der Waals surface area contributed by atoms with Gasteiger partial charge in [-0.05, 0) is 38.5 Å². The van der Waals surface area contributed by atoms with E-state index in [1.165, 1.54) is 205 Å². The third kappa shape index (κ3) is 45.2. The van der Waals surface area contributed by atoms with Crippen LogP contribution in [-0.4, -0.2) is 75.5 Å². The summed E-state index contributed by atoms with van der Waals surface area (Å²) in [6.45, 7) is 4.72. The Kier molecular flexibility index (Phi) is 46.1. The summed E-state index contributed by atoms with van der Waals surface area (Å²) in [5, 5.41) is 11.7. The van der Waals surface area contributed by atoms with E-state index in [0.717, 1.165) is 38.5 Å². The lowest BCUT2D eigenvalue weighted by Gasteiger charge is -2.34. The third-order valence-electron chi connectivity index (χ3n) is 12.9. The molecule has 0 amide bonds. The highest BCUT2D eigenvalue weighted by Crippen LogP contribution is 2.17. The van der Waals surface area contributed by atoms with Crippen LogP contribution in [0.15, 0.2) is 12.2 Å². The number of esters is 2. The zero-order valence-corrected chi connectivity index (χ0v) is 43.2. The molecule has 0 aromatic heterocycles. The van der Waals surface area contributed by atoms with Crippen molar-refractivity contribution in [2.45, 2.75) is 289 Å². The van der Waals surface area contributed by atoms with E-state index in [1.54, 1.807) is 0 Å². The van der Waals surface area contributed by atoms with Crippen molar-refractivity contribution in [2.75, 3.05) is 41.0 Å². The average Bonchev–Trinajstić information content (AvgIpc) is 3.26. The smallest absolute Gasteiger partial charge is 0.306 e. The predicted octanol–water partition coefficient (Wildman–Crippen LogP) is 14.9. The number of unbranched alkanes of at least 4 members (excludes halogenated alkanes) is 35. The quantitative estimate of drug-likeness (QED) is 0.0259. The van der Waals surface area contributed by atoms with E-state index in [-0.39, 0.29) is 42.7 Å². The Morgan fingerprint density at radius 1 is 0.453 bits per heavy atom. The van der Waals surface area contributed by atoms with E-state index >= 15 is 0 Å². The molecule has 0 heterocycles. The van der Waals surface area contributed by atoms with Crippen molar-refractivity contribution in [3.63, 3.8) is 0 Å². The number of hydrogen-bond donors (Lipinski definition) is 0. The number of carbonyl (C=O) groups is 3. The molecule has 2 atom stereocenters. The topological polar surface area (TPSA) is 102 Å². The minimum Gasteiger partial charge on any atom is -0.544 e. The maximum absolute atomic E-state index is 12.8. The molecule has 8 nitrogen and oxygen atoms in total. The van der Waals surface area contributed by atoms with Crippen LogP contribution < -0.4 is 5.11 Å². The lowest BCUT2D eigenvalue weighted by atomic mass is 10.0. The molecule has 0 bridgehead atoms. The molecule has 0 aliphatic rings. The van der Waals surface area contributed by atoms with Gasteiger partial charge in [0.15, 0.2) is 6.10 Å². The van der Waals surface area contributed by atoms with Gasteiger partial charge < -0.3 is 28.6 Å². The fraction of sp³-hybridized carbons (Fsp3) is 0.911. The first-order chi connectivity index (χ1) is 31.1. The standard InChI is InChI=1S/C56H107NO7/c1-6-8-10-12-14-16-18-20-22-24-25-26-27-28-29-31-33-35-37-39-41-43-45-47-55(59)64-52(50-62-49-48-53(56(60)61)57(3,4)5)51-63-54(58)46-44-42-40-38-36-34-32-30-23-21-19-17-15-13-11-9-7-2/h28-29,52-53H,6-27,30-51H2,1-5H3/b29-28+. The molecule has 378 valence electrons. The summed E-state index contributed by atoms with van der Waals surface area (Å²) in [4.78, 5) is 37.1. The summed E-state index contributed by atoms with van der Waals surface area (Å²) in [5.74, 6) is -1.72. The number of allylic oxidation sites excluding steroid dienone is 2. The lowest BCUT2D eigenvalue weighted by Crippen LogP contribution is -2.55. The van der Waals surface area contributed by atoms with Gasteiger partial charge in [-0.2, -0.15) is 0 Å². The number of quaternary nitrogens is 1. The monoisotopic (exact) mass is 906 g/mol. The summed E-state index contributed by atoms with van der Waals surface area (Å²) in [5.41, 5.74) is 0. The fourth-order valence-electron chi connectivity index (χ4n) is 8.60. The molecule has 0 aliphatic carbocycles. The number of nitrogens with zero attached hydrogens (tertiary/aromatic N) is 1. The molecule has 0 aromatic carbocycles. The second kappa shape index (κ2) is 47.6. The van der Waals surface area contributed by atoms with Crippen molar-refractivity contribution < 1.29 is 38.2 Å². The zero-order chi connectivity index (χ0) is 47.0. The Hall–Kier alpha value is -1.93. The molecule has 0 saturated heterocycles. The molecule has 64 heavy (non-hydrogen) atoms. The van der Waals surface area contributed by atoms with Crippen molar-refractivity contribution in [1.82, 2.24) is 0 Å². The van der Waals surface area contributed by atoms with Crippen LogP contribution in [-0.2, 0) is 28.6 Å². The SMILES string of the molecule is CCCCCCCCCCCCCC/C=C/CCCCCCCCCC(=O)OC(COCCC(C(=O)[O-])[N+](C)(C)C)COC(=O)CCCCCCCCCCCCCCCCCCC. The zero-order valence-electron chi connectivity index (χ0n) is 43.2. The first-order valence-corrected chi connectivity index (χ1v) is 27.7. The maximum Gasteiger partial charge on any atom is 0.306 e. The van der Waals surface area contributed by atoms with E-state index in [0.29, 0.717) is 12.8 Å². The van der Waals surface area contributed by atoms with E-state index in [9.17, 15) is 19.5 Å². The van der Waals surface area contributed by atoms with Crippen LogP contribution in [0, 0.1) is 0 Å². The van der Waals surface area contributed by atoms with E-state index < -0.39 is 18.1 Å². The number of carboxylic acids is 1. The lowest BCUT2D eigenvalue weighted by molar-refractivity contribution is -0.889. The summed E-state index contributed by atoms with van der Waals surface area (Å²) < 4.78 is 17.3. The highest BCUT2D eigenvalue weighted by Gasteiger charge is 2.25. The van der Waals surface area contributed by atoms with Crippen LogP contribution in [0.25, 0.3) is 0 Å². The average molecular weight is 906 g/mol. The normalized spacial score (nSPS) is 12.8. The molecule has 0 fully saturated rings. The number of rotatable bonds is 51. The molecule has 0 saturated carbocycles. The predicted molar refractivity (Wildman–Crippen MR) is 268 cm³/mol. The number of hydrogen-bond acceptors (Lipinski definition) is 7. The minimum atomic E-state index is -1.12. The van der Waals surface area contributed by atoms with Crippen molar-refractivity contribution in [2.24, 2.45) is 0 Å². The Labute approximate surface area is 397 Å². The maximum atomic E-state index is 12.8. The minimum absolute atomic E-state index is 0.0453. The van der Waals surface area contributed by atoms with Crippen molar-refractivity contribution in [3.05, 3.63) is 12.2 Å². The number of likely N-dealkylation sites (N-methyl/N-ethyl adjacent to an activating group) is 1. The molecule has 0 aliphatic heterocycles. The highest BCUT2D eigenvalue weighted by atomic mass is 16.6. The van der Waals surface area contributed by atoms with Crippen LogP contribution in [0.1, 0.15) is 277 Å². The molecule has 0 radical (unpaired) electrons. The van der Waals surface area contributed by atoms with Crippen LogP contribution in [0.5, 0.6) is 0 Å².